The molecule has 0 aromatic carbocycles. The lowest BCUT2D eigenvalue weighted by atomic mass is 10.0. The lowest BCUT2D eigenvalue weighted by Gasteiger charge is -2.19. The summed E-state index contributed by atoms with van der Waals surface area (Å²) in [4.78, 5) is 4.10. The Morgan fingerprint density at radius 3 is 1.59 bits per heavy atom. The van der Waals surface area contributed by atoms with E-state index in [2.05, 4.69) is 24.2 Å². The number of hydrogen-bond donors (Lipinski definition) is 3. The Bertz CT molecular complexity index is 340. The molecule has 1 unspecified atom stereocenters. The van der Waals surface area contributed by atoms with Crippen LogP contribution in [0.3, 0.4) is 0 Å². The highest BCUT2D eigenvalue weighted by atomic mass is 15.0. The third kappa shape index (κ3) is 23.4. The first-order chi connectivity index (χ1) is 14.2. The predicted octanol–water partition coefficient (Wildman–Crippen LogP) is 6.67. The van der Waals surface area contributed by atoms with Crippen LogP contribution in [0.4, 0.5) is 0 Å². The van der Waals surface area contributed by atoms with Gasteiger partial charge in [-0.25, -0.2) is 0 Å². The van der Waals surface area contributed by atoms with Crippen molar-refractivity contribution in [1.29, 1.82) is 0 Å². The zero-order chi connectivity index (χ0) is 21.4. The van der Waals surface area contributed by atoms with Gasteiger partial charge in [0.05, 0.1) is 0 Å². The van der Waals surface area contributed by atoms with E-state index in [1.54, 1.807) is 0 Å². The molecule has 0 saturated heterocycles. The van der Waals surface area contributed by atoms with Gasteiger partial charge in [0.2, 0.25) is 0 Å². The minimum absolute atomic E-state index is 0.219. The van der Waals surface area contributed by atoms with E-state index in [0.717, 1.165) is 13.0 Å². The molecule has 0 fully saturated rings. The van der Waals surface area contributed by atoms with Crippen LogP contribution >= 0.6 is 0 Å². The molecule has 0 aliphatic rings. The summed E-state index contributed by atoms with van der Waals surface area (Å²) in [7, 11) is 0. The number of guanidine groups is 1. The Labute approximate surface area is 183 Å². The molecule has 29 heavy (non-hydrogen) atoms. The van der Waals surface area contributed by atoms with Crippen molar-refractivity contribution in [2.45, 2.75) is 142 Å². The van der Waals surface area contributed by atoms with Crippen LogP contribution in [0.5, 0.6) is 0 Å². The first kappa shape index (κ1) is 28.2. The number of rotatable bonds is 23. The molecule has 0 spiro atoms. The van der Waals surface area contributed by atoms with E-state index in [-0.39, 0.29) is 5.96 Å². The van der Waals surface area contributed by atoms with Gasteiger partial charge in [-0.3, -0.25) is 4.99 Å². The van der Waals surface area contributed by atoms with Crippen molar-refractivity contribution in [3.8, 4) is 0 Å². The molecule has 174 valence electrons. The fraction of sp³-hybridized carbons (Fsp3) is 0.960. The third-order valence-corrected chi connectivity index (χ3v) is 5.87. The average Bonchev–Trinajstić information content (AvgIpc) is 2.70. The highest BCUT2D eigenvalue weighted by molar-refractivity contribution is 5.75. The van der Waals surface area contributed by atoms with E-state index < -0.39 is 0 Å². The fourth-order valence-corrected chi connectivity index (χ4v) is 3.97. The Morgan fingerprint density at radius 2 is 1.07 bits per heavy atom. The molecule has 5 N–H and O–H groups in total. The van der Waals surface area contributed by atoms with E-state index in [4.69, 9.17) is 11.5 Å². The Hall–Kier alpha value is -0.770. The summed E-state index contributed by atoms with van der Waals surface area (Å²) in [5, 5.41) is 3.85. The summed E-state index contributed by atoms with van der Waals surface area (Å²) in [6.07, 6.45) is 25.8. The molecule has 0 aromatic rings. The molecule has 0 heterocycles. The lowest BCUT2D eigenvalue weighted by molar-refractivity contribution is 0.410. The van der Waals surface area contributed by atoms with Crippen LogP contribution in [0.1, 0.15) is 136 Å². The van der Waals surface area contributed by atoms with Crippen LogP contribution in [0.2, 0.25) is 0 Å². The number of nitrogens with two attached hydrogens (primary N) is 2. The number of hydrogen-bond acceptors (Lipinski definition) is 2. The molecule has 0 bridgehead atoms. The van der Waals surface area contributed by atoms with Crippen molar-refractivity contribution < 1.29 is 0 Å². The van der Waals surface area contributed by atoms with E-state index in [1.807, 2.05) is 0 Å². The summed E-state index contributed by atoms with van der Waals surface area (Å²) in [6, 6.07) is 0.675. The minimum atomic E-state index is 0.219. The maximum atomic E-state index is 5.41. The van der Waals surface area contributed by atoms with Gasteiger partial charge in [-0.1, -0.05) is 110 Å². The Morgan fingerprint density at radius 1 is 0.621 bits per heavy atom. The maximum absolute atomic E-state index is 5.41. The number of nitrogens with one attached hydrogen (secondary N) is 1. The van der Waals surface area contributed by atoms with E-state index in [1.165, 1.54) is 122 Å². The summed E-state index contributed by atoms with van der Waals surface area (Å²) in [5.41, 5.74) is 10.8. The molecular formula is C25H54N4. The number of nitrogens with zero attached hydrogens (tertiary/aromatic N) is 1. The monoisotopic (exact) mass is 410 g/mol. The third-order valence-electron chi connectivity index (χ3n) is 5.87. The second-order valence-electron chi connectivity index (χ2n) is 8.84. The summed E-state index contributed by atoms with van der Waals surface area (Å²) in [6.45, 7) is 6.53. The molecule has 0 amide bonds. The van der Waals surface area contributed by atoms with Crippen LogP contribution in [0.15, 0.2) is 4.99 Å². The molecule has 0 rings (SSSR count). The highest BCUT2D eigenvalue weighted by Crippen LogP contribution is 2.13. The topological polar surface area (TPSA) is 76.4 Å². The zero-order valence-electron chi connectivity index (χ0n) is 20.0. The van der Waals surface area contributed by atoms with Gasteiger partial charge in [-0.2, -0.15) is 0 Å². The van der Waals surface area contributed by atoms with Crippen molar-refractivity contribution in [3.05, 3.63) is 0 Å². The van der Waals surface area contributed by atoms with Crippen molar-refractivity contribution in [1.82, 2.24) is 5.32 Å². The highest BCUT2D eigenvalue weighted by Gasteiger charge is 2.07. The predicted molar refractivity (Wildman–Crippen MR) is 132 cm³/mol. The largest absolute Gasteiger partial charge is 0.370 e. The first-order valence-corrected chi connectivity index (χ1v) is 13.0. The molecule has 4 nitrogen and oxygen atoms in total. The van der Waals surface area contributed by atoms with Crippen LogP contribution in [-0.2, 0) is 0 Å². The van der Waals surface area contributed by atoms with Crippen molar-refractivity contribution in [2.24, 2.45) is 16.5 Å². The van der Waals surface area contributed by atoms with Gasteiger partial charge in [0, 0.05) is 12.6 Å². The van der Waals surface area contributed by atoms with Gasteiger partial charge >= 0.3 is 0 Å². The SMILES string of the molecule is CCCCCCCCCCCCNC(CCCCCCC)CCCCN=C(N)N. The second-order valence-corrected chi connectivity index (χ2v) is 8.84. The molecule has 1 atom stereocenters. The number of aliphatic imine (C=N–C) groups is 1. The Balaban J connectivity index is 3.76. The maximum Gasteiger partial charge on any atom is 0.185 e. The van der Waals surface area contributed by atoms with E-state index in [0.29, 0.717) is 6.04 Å². The molecular weight excluding hydrogens is 356 g/mol. The van der Waals surface area contributed by atoms with Gasteiger partial charge in [0.25, 0.3) is 0 Å². The van der Waals surface area contributed by atoms with Gasteiger partial charge < -0.3 is 16.8 Å². The van der Waals surface area contributed by atoms with Gasteiger partial charge in [0.15, 0.2) is 5.96 Å². The summed E-state index contributed by atoms with van der Waals surface area (Å²) in [5.74, 6) is 0.219. The zero-order valence-corrected chi connectivity index (χ0v) is 20.0. The quantitative estimate of drug-likeness (QED) is 0.1000. The summed E-state index contributed by atoms with van der Waals surface area (Å²) >= 11 is 0. The molecule has 0 aliphatic heterocycles. The second kappa shape index (κ2) is 23.5. The van der Waals surface area contributed by atoms with Gasteiger partial charge in [0.1, 0.15) is 0 Å². The lowest BCUT2D eigenvalue weighted by Crippen LogP contribution is -2.30. The normalized spacial score (nSPS) is 12.2. The molecule has 0 radical (unpaired) electrons. The van der Waals surface area contributed by atoms with Crippen molar-refractivity contribution in [2.75, 3.05) is 13.1 Å². The molecule has 0 aliphatic carbocycles. The Kier molecular flexibility index (Phi) is 22.9. The number of unbranched alkanes of at least 4 members (excludes halogenated alkanes) is 14. The molecule has 0 aromatic heterocycles. The standard InChI is InChI=1S/C25H54N4/c1-3-5-7-9-10-11-12-13-15-18-22-28-24(20-16-14-8-6-4-2)21-17-19-23-29-25(26)27/h24,28H,3-23H2,1-2H3,(H4,26,27,29). The van der Waals surface area contributed by atoms with Crippen LogP contribution in [0.25, 0.3) is 0 Å². The van der Waals surface area contributed by atoms with E-state index >= 15 is 0 Å². The van der Waals surface area contributed by atoms with Gasteiger partial charge in [-0.05, 0) is 32.2 Å². The smallest absolute Gasteiger partial charge is 0.185 e. The van der Waals surface area contributed by atoms with Gasteiger partial charge in [-0.15, -0.1) is 0 Å². The van der Waals surface area contributed by atoms with Crippen LogP contribution in [0, 0.1) is 0 Å². The van der Waals surface area contributed by atoms with Crippen LogP contribution in [-0.4, -0.2) is 25.1 Å². The minimum Gasteiger partial charge on any atom is -0.370 e. The summed E-state index contributed by atoms with van der Waals surface area (Å²) < 4.78 is 0. The van der Waals surface area contributed by atoms with Crippen molar-refractivity contribution >= 4 is 5.96 Å². The van der Waals surface area contributed by atoms with E-state index in [9.17, 15) is 0 Å². The van der Waals surface area contributed by atoms with Crippen molar-refractivity contribution in [3.63, 3.8) is 0 Å². The molecule has 4 heteroatoms. The van der Waals surface area contributed by atoms with Crippen LogP contribution < -0.4 is 16.8 Å². The fourth-order valence-electron chi connectivity index (χ4n) is 3.97. The first-order valence-electron chi connectivity index (χ1n) is 13.0. The molecule has 0 saturated carbocycles. The average molecular weight is 411 g/mol.